The van der Waals surface area contributed by atoms with Crippen LogP contribution in [0.4, 0.5) is 0 Å². The van der Waals surface area contributed by atoms with Gasteiger partial charge >= 0.3 is 0 Å². The molecule has 0 aliphatic rings. The Bertz CT molecular complexity index is 69.7. The molecule has 0 aromatic carbocycles. The van der Waals surface area contributed by atoms with E-state index < -0.39 is 0 Å². The number of nitrogens with one attached hydrogen (secondary N) is 1. The van der Waals surface area contributed by atoms with Crippen LogP contribution in [0.2, 0.25) is 0 Å². The summed E-state index contributed by atoms with van der Waals surface area (Å²) in [5, 5.41) is 2.12. The van der Waals surface area contributed by atoms with Crippen LogP contribution in [-0.4, -0.2) is 24.6 Å². The van der Waals surface area contributed by atoms with E-state index in [-0.39, 0.29) is 0 Å². The highest BCUT2D eigenvalue weighted by atomic mass is 15.5. The molecule has 0 aliphatic carbocycles. The molecule has 0 aromatic heterocycles. The number of hydrogen-bond donors (Lipinski definition) is 2. The summed E-state index contributed by atoms with van der Waals surface area (Å²) in [5.74, 6) is 0. The van der Waals surface area contributed by atoms with E-state index in [1.54, 1.807) is 0 Å². The lowest BCUT2D eigenvalue weighted by molar-refractivity contribution is 0.235. The maximum absolute atomic E-state index is 5.37. The van der Waals surface area contributed by atoms with Gasteiger partial charge in [-0.1, -0.05) is 13.8 Å². The summed E-state index contributed by atoms with van der Waals surface area (Å²) in [6.07, 6.45) is 2.23. The molecule has 0 rings (SSSR count). The zero-order valence-electron chi connectivity index (χ0n) is 7.64. The average molecular weight is 158 g/mol. The summed E-state index contributed by atoms with van der Waals surface area (Å²) >= 11 is 0. The van der Waals surface area contributed by atoms with Gasteiger partial charge in [-0.2, -0.15) is 0 Å². The molecule has 11 heavy (non-hydrogen) atoms. The molecule has 0 amide bonds. The lowest BCUT2D eigenvalue weighted by Gasteiger charge is -2.20. The fourth-order valence-electron chi connectivity index (χ4n) is 0.904. The van der Waals surface area contributed by atoms with E-state index in [0.717, 1.165) is 25.9 Å². The van der Waals surface area contributed by atoms with Crippen molar-refractivity contribution >= 4 is 0 Å². The molecular weight excluding hydrogens is 138 g/mol. The average Bonchev–Trinajstić information content (AvgIpc) is 2.01. The quantitative estimate of drug-likeness (QED) is 0.537. The molecule has 0 spiro atoms. The molecule has 0 unspecified atom stereocenters. The number of nitrogens with zero attached hydrogens (tertiary/aromatic N) is 1. The van der Waals surface area contributed by atoms with E-state index in [2.05, 4.69) is 30.8 Å². The van der Waals surface area contributed by atoms with Crippen LogP contribution in [0.1, 0.15) is 26.7 Å². The number of nitrogens with two attached hydrogens (primary N) is 1. The standard InChI is InChI=1S/C8H20N3/c1-3-7-11(8-4-2)10-6-5-9/h7,10H,3-6,8-9H2,1-2H3. The van der Waals surface area contributed by atoms with Crippen molar-refractivity contribution in [3.05, 3.63) is 6.54 Å². The molecule has 0 heterocycles. The van der Waals surface area contributed by atoms with Crippen molar-refractivity contribution in [3.63, 3.8) is 0 Å². The van der Waals surface area contributed by atoms with E-state index in [4.69, 9.17) is 5.73 Å². The van der Waals surface area contributed by atoms with Crippen molar-refractivity contribution < 1.29 is 0 Å². The smallest absolute Gasteiger partial charge is 0.0410 e. The Labute approximate surface area is 69.9 Å². The van der Waals surface area contributed by atoms with Crippen LogP contribution in [0.25, 0.3) is 0 Å². The summed E-state index contributed by atoms with van der Waals surface area (Å²) in [6.45, 7) is 9.06. The Morgan fingerprint density at radius 1 is 1.45 bits per heavy atom. The van der Waals surface area contributed by atoms with Gasteiger partial charge < -0.3 is 5.73 Å². The van der Waals surface area contributed by atoms with Gasteiger partial charge in [0.15, 0.2) is 0 Å². The molecule has 3 heteroatoms. The third-order valence-electron chi connectivity index (χ3n) is 1.33. The third-order valence-corrected chi connectivity index (χ3v) is 1.33. The summed E-state index contributed by atoms with van der Waals surface area (Å²) in [6, 6.07) is 0. The van der Waals surface area contributed by atoms with Gasteiger partial charge in [-0.25, -0.2) is 5.01 Å². The minimum atomic E-state index is 0.692. The summed E-state index contributed by atoms with van der Waals surface area (Å²) < 4.78 is 0. The van der Waals surface area contributed by atoms with Crippen LogP contribution >= 0.6 is 0 Å². The van der Waals surface area contributed by atoms with Crippen LogP contribution in [0.5, 0.6) is 0 Å². The normalized spacial score (nSPS) is 10.9. The first-order valence-electron chi connectivity index (χ1n) is 4.38. The van der Waals surface area contributed by atoms with Crippen molar-refractivity contribution in [3.8, 4) is 0 Å². The van der Waals surface area contributed by atoms with E-state index in [0.29, 0.717) is 6.54 Å². The number of hydrazine groups is 1. The highest BCUT2D eigenvalue weighted by molar-refractivity contribution is 4.61. The minimum Gasteiger partial charge on any atom is -0.329 e. The van der Waals surface area contributed by atoms with Crippen molar-refractivity contribution in [2.75, 3.05) is 19.6 Å². The van der Waals surface area contributed by atoms with Crippen LogP contribution in [-0.2, 0) is 0 Å². The Morgan fingerprint density at radius 3 is 2.64 bits per heavy atom. The lowest BCUT2D eigenvalue weighted by Crippen LogP contribution is -2.39. The molecule has 0 atom stereocenters. The molecule has 3 N–H and O–H groups in total. The highest BCUT2D eigenvalue weighted by Crippen LogP contribution is 1.93. The second-order valence-corrected chi connectivity index (χ2v) is 2.48. The fourth-order valence-corrected chi connectivity index (χ4v) is 0.904. The van der Waals surface area contributed by atoms with E-state index >= 15 is 0 Å². The molecule has 0 aliphatic heterocycles. The van der Waals surface area contributed by atoms with Gasteiger partial charge in [0.1, 0.15) is 0 Å². The van der Waals surface area contributed by atoms with Crippen molar-refractivity contribution in [1.29, 1.82) is 0 Å². The van der Waals surface area contributed by atoms with Crippen molar-refractivity contribution in [2.45, 2.75) is 26.7 Å². The molecular formula is C8H20N3. The lowest BCUT2D eigenvalue weighted by atomic mass is 10.4. The first-order chi connectivity index (χ1) is 5.35. The molecule has 0 bridgehead atoms. The number of rotatable bonds is 7. The Kier molecular flexibility index (Phi) is 7.89. The molecule has 3 nitrogen and oxygen atoms in total. The molecule has 0 saturated heterocycles. The molecule has 67 valence electrons. The summed E-state index contributed by atoms with van der Waals surface area (Å²) in [7, 11) is 0. The molecule has 0 aromatic rings. The van der Waals surface area contributed by atoms with Crippen LogP contribution in [0.3, 0.4) is 0 Å². The fraction of sp³-hybridized carbons (Fsp3) is 0.875. The van der Waals surface area contributed by atoms with Crippen LogP contribution < -0.4 is 11.2 Å². The highest BCUT2D eigenvalue weighted by Gasteiger charge is 1.99. The SMILES string of the molecule is CC[CH]N(CCC)NCCN. The predicted octanol–water partition coefficient (Wildman–Crippen LogP) is 0.733. The predicted molar refractivity (Wildman–Crippen MR) is 48.6 cm³/mol. The van der Waals surface area contributed by atoms with Gasteiger partial charge in [0.25, 0.3) is 0 Å². The Hall–Kier alpha value is -0.120. The first kappa shape index (κ1) is 10.9. The summed E-state index contributed by atoms with van der Waals surface area (Å²) in [5.41, 5.74) is 8.59. The maximum Gasteiger partial charge on any atom is 0.0410 e. The van der Waals surface area contributed by atoms with Crippen LogP contribution in [0, 0.1) is 6.54 Å². The molecule has 0 saturated carbocycles. The van der Waals surface area contributed by atoms with Gasteiger partial charge in [0.2, 0.25) is 0 Å². The van der Waals surface area contributed by atoms with E-state index in [1.807, 2.05) is 0 Å². The monoisotopic (exact) mass is 158 g/mol. The second kappa shape index (κ2) is 7.98. The first-order valence-corrected chi connectivity index (χ1v) is 4.38. The third kappa shape index (κ3) is 6.28. The van der Waals surface area contributed by atoms with E-state index in [9.17, 15) is 0 Å². The Morgan fingerprint density at radius 2 is 2.18 bits per heavy atom. The molecule has 0 fully saturated rings. The zero-order valence-corrected chi connectivity index (χ0v) is 7.64. The van der Waals surface area contributed by atoms with Crippen molar-refractivity contribution in [2.24, 2.45) is 5.73 Å². The van der Waals surface area contributed by atoms with Crippen molar-refractivity contribution in [1.82, 2.24) is 10.4 Å². The second-order valence-electron chi connectivity index (χ2n) is 2.48. The van der Waals surface area contributed by atoms with E-state index in [1.165, 1.54) is 0 Å². The summed E-state index contributed by atoms with van der Waals surface area (Å²) in [4.78, 5) is 0. The Balaban J connectivity index is 3.34. The van der Waals surface area contributed by atoms with Gasteiger partial charge in [0, 0.05) is 26.2 Å². The van der Waals surface area contributed by atoms with Gasteiger partial charge in [0.05, 0.1) is 0 Å². The maximum atomic E-state index is 5.37. The van der Waals surface area contributed by atoms with Gasteiger partial charge in [-0.15, -0.1) is 0 Å². The number of hydrogen-bond acceptors (Lipinski definition) is 3. The minimum absolute atomic E-state index is 0.692. The topological polar surface area (TPSA) is 41.3 Å². The zero-order chi connectivity index (χ0) is 8.53. The largest absolute Gasteiger partial charge is 0.329 e. The van der Waals surface area contributed by atoms with Gasteiger partial charge in [-0.3, -0.25) is 5.43 Å². The van der Waals surface area contributed by atoms with Crippen LogP contribution in [0.15, 0.2) is 0 Å². The van der Waals surface area contributed by atoms with Gasteiger partial charge in [-0.05, 0) is 12.8 Å². The molecule has 1 radical (unpaired) electrons.